The highest BCUT2D eigenvalue weighted by atomic mass is 19.1. The van der Waals surface area contributed by atoms with Crippen LogP contribution in [0.1, 0.15) is 49.9 Å². The molecule has 3 fully saturated rings. The summed E-state index contributed by atoms with van der Waals surface area (Å²) in [5, 5.41) is 0. The lowest BCUT2D eigenvalue weighted by Crippen LogP contribution is -2.62. The Kier molecular flexibility index (Phi) is 3.43. The van der Waals surface area contributed by atoms with E-state index in [0.29, 0.717) is 24.7 Å². The third kappa shape index (κ3) is 2.41. The van der Waals surface area contributed by atoms with Gasteiger partial charge >= 0.3 is 0 Å². The number of rotatable bonds is 2. The quantitative estimate of drug-likeness (QED) is 0.905. The molecule has 3 atom stereocenters. The molecule has 1 heterocycles. The minimum atomic E-state index is -0.714. The molecule has 4 nitrogen and oxygen atoms in total. The molecule has 2 bridgehead atoms. The van der Waals surface area contributed by atoms with Gasteiger partial charge < -0.3 is 15.4 Å². The van der Waals surface area contributed by atoms with Crippen LogP contribution in [-0.2, 0) is 4.74 Å². The smallest absolute Gasteiger partial charge is 0.253 e. The minimum absolute atomic E-state index is 0.00601. The lowest BCUT2D eigenvalue weighted by molar-refractivity contribution is -0.175. The standard InChI is InChI=1S/C19H25FN2O2/c1-18(2)10-22(15-5-3-4-14(20)16(15)17(21)23)11-19(24-18)9-12-6-7-13(19)8-12/h3-5,12-13H,6-11H2,1-2H3,(H2,21,23)/t12-,13+,19+/m1/s1. The van der Waals surface area contributed by atoms with E-state index in [2.05, 4.69) is 18.7 Å². The van der Waals surface area contributed by atoms with Crippen LogP contribution in [0.25, 0.3) is 0 Å². The fraction of sp³-hybridized carbons (Fsp3) is 0.632. The summed E-state index contributed by atoms with van der Waals surface area (Å²) < 4.78 is 20.8. The predicted octanol–water partition coefficient (Wildman–Crippen LogP) is 3.10. The minimum Gasteiger partial charge on any atom is -0.365 e. The molecule has 1 aromatic rings. The van der Waals surface area contributed by atoms with Gasteiger partial charge in [0.1, 0.15) is 5.82 Å². The molecule has 0 unspecified atom stereocenters. The van der Waals surface area contributed by atoms with Crippen molar-refractivity contribution in [1.82, 2.24) is 0 Å². The van der Waals surface area contributed by atoms with Crippen LogP contribution >= 0.6 is 0 Å². The van der Waals surface area contributed by atoms with Crippen molar-refractivity contribution in [3.63, 3.8) is 0 Å². The first-order chi connectivity index (χ1) is 11.3. The van der Waals surface area contributed by atoms with Crippen molar-refractivity contribution in [3.8, 4) is 0 Å². The molecule has 130 valence electrons. The number of nitrogens with two attached hydrogens (primary N) is 1. The molecular formula is C19H25FN2O2. The number of ether oxygens (including phenoxy) is 1. The Hall–Kier alpha value is -1.62. The van der Waals surface area contributed by atoms with E-state index in [4.69, 9.17) is 10.5 Å². The Bertz CT molecular complexity index is 690. The number of anilines is 1. The average molecular weight is 332 g/mol. The Balaban J connectivity index is 1.74. The highest BCUT2D eigenvalue weighted by Crippen LogP contribution is 2.55. The summed E-state index contributed by atoms with van der Waals surface area (Å²) in [4.78, 5) is 13.9. The molecule has 1 aromatic carbocycles. The lowest BCUT2D eigenvalue weighted by Gasteiger charge is -2.53. The number of nitrogens with zero attached hydrogens (tertiary/aromatic N) is 1. The Morgan fingerprint density at radius 2 is 2.12 bits per heavy atom. The highest BCUT2D eigenvalue weighted by molar-refractivity contribution is 5.99. The SMILES string of the molecule is CC1(C)CN(c2cccc(F)c2C(N)=O)C[C@]2(C[C@@H]3CC[C@H]2C3)O1. The third-order valence-electron chi connectivity index (χ3n) is 6.01. The molecule has 1 saturated heterocycles. The van der Waals surface area contributed by atoms with E-state index >= 15 is 0 Å². The molecule has 2 N–H and O–H groups in total. The maximum atomic E-state index is 14.2. The molecule has 4 rings (SSSR count). The van der Waals surface area contributed by atoms with E-state index < -0.39 is 11.7 Å². The van der Waals surface area contributed by atoms with Crippen LogP contribution < -0.4 is 10.6 Å². The van der Waals surface area contributed by atoms with Crippen molar-refractivity contribution in [2.75, 3.05) is 18.0 Å². The van der Waals surface area contributed by atoms with E-state index in [9.17, 15) is 9.18 Å². The normalized spacial score (nSPS) is 34.0. The summed E-state index contributed by atoms with van der Waals surface area (Å²) in [7, 11) is 0. The van der Waals surface area contributed by atoms with Crippen molar-refractivity contribution < 1.29 is 13.9 Å². The van der Waals surface area contributed by atoms with Gasteiger partial charge in [-0.25, -0.2) is 4.39 Å². The van der Waals surface area contributed by atoms with Gasteiger partial charge in [0.15, 0.2) is 0 Å². The van der Waals surface area contributed by atoms with Crippen LogP contribution in [0.15, 0.2) is 18.2 Å². The van der Waals surface area contributed by atoms with Crippen molar-refractivity contribution in [2.24, 2.45) is 17.6 Å². The third-order valence-corrected chi connectivity index (χ3v) is 6.01. The largest absolute Gasteiger partial charge is 0.365 e. The van der Waals surface area contributed by atoms with Crippen LogP contribution in [0.4, 0.5) is 10.1 Å². The lowest BCUT2D eigenvalue weighted by atomic mass is 9.80. The second-order valence-corrected chi connectivity index (χ2v) is 8.36. The molecule has 1 amide bonds. The van der Waals surface area contributed by atoms with E-state index in [0.717, 1.165) is 12.3 Å². The molecule has 0 aromatic heterocycles. The van der Waals surface area contributed by atoms with Crippen LogP contribution in [0.3, 0.4) is 0 Å². The van der Waals surface area contributed by atoms with E-state index in [-0.39, 0.29) is 16.8 Å². The number of hydrogen-bond donors (Lipinski definition) is 1. The second-order valence-electron chi connectivity index (χ2n) is 8.36. The molecule has 3 aliphatic rings. The first-order valence-corrected chi connectivity index (χ1v) is 8.83. The molecule has 1 spiro atoms. The van der Waals surface area contributed by atoms with Crippen molar-refractivity contribution in [3.05, 3.63) is 29.6 Å². The topological polar surface area (TPSA) is 55.6 Å². The van der Waals surface area contributed by atoms with Gasteiger partial charge in [-0.05, 0) is 63.5 Å². The predicted molar refractivity (Wildman–Crippen MR) is 90.5 cm³/mol. The zero-order chi connectivity index (χ0) is 17.1. The van der Waals surface area contributed by atoms with Crippen LogP contribution in [0, 0.1) is 17.7 Å². The van der Waals surface area contributed by atoms with E-state index in [1.165, 1.54) is 25.3 Å². The second kappa shape index (κ2) is 5.19. The van der Waals surface area contributed by atoms with Crippen molar-refractivity contribution in [1.29, 1.82) is 0 Å². The van der Waals surface area contributed by atoms with E-state index in [1.807, 2.05) is 0 Å². The maximum Gasteiger partial charge on any atom is 0.253 e. The number of hydrogen-bond acceptors (Lipinski definition) is 3. The number of morpholine rings is 1. The molecule has 0 radical (unpaired) electrons. The fourth-order valence-corrected chi connectivity index (χ4v) is 5.36. The zero-order valence-electron chi connectivity index (χ0n) is 14.3. The van der Waals surface area contributed by atoms with Gasteiger partial charge in [0.05, 0.1) is 22.5 Å². The van der Waals surface area contributed by atoms with Crippen LogP contribution in [-0.4, -0.2) is 30.2 Å². The fourth-order valence-electron chi connectivity index (χ4n) is 5.36. The molecular weight excluding hydrogens is 307 g/mol. The van der Waals surface area contributed by atoms with Gasteiger partial charge in [0.2, 0.25) is 0 Å². The van der Waals surface area contributed by atoms with Crippen molar-refractivity contribution in [2.45, 2.75) is 50.7 Å². The average Bonchev–Trinajstić information content (AvgIpc) is 3.05. The van der Waals surface area contributed by atoms with Crippen LogP contribution in [0.5, 0.6) is 0 Å². The number of carbonyl (C=O) groups excluding carboxylic acids is 1. The molecule has 2 saturated carbocycles. The Morgan fingerprint density at radius 3 is 2.75 bits per heavy atom. The Morgan fingerprint density at radius 1 is 1.33 bits per heavy atom. The Labute approximate surface area is 142 Å². The summed E-state index contributed by atoms with van der Waals surface area (Å²) in [6.07, 6.45) is 4.80. The number of fused-ring (bicyclic) bond motifs is 3. The molecule has 5 heteroatoms. The van der Waals surface area contributed by atoms with Gasteiger partial charge in [-0.1, -0.05) is 6.07 Å². The summed E-state index contributed by atoms with van der Waals surface area (Å²) in [6, 6.07) is 4.74. The van der Waals surface area contributed by atoms with Gasteiger partial charge in [-0.2, -0.15) is 0 Å². The summed E-state index contributed by atoms with van der Waals surface area (Å²) >= 11 is 0. The first kappa shape index (κ1) is 15.9. The number of benzene rings is 1. The summed E-state index contributed by atoms with van der Waals surface area (Å²) in [5.41, 5.74) is 5.53. The monoisotopic (exact) mass is 332 g/mol. The van der Waals surface area contributed by atoms with E-state index in [1.54, 1.807) is 12.1 Å². The van der Waals surface area contributed by atoms with Gasteiger partial charge in [0, 0.05) is 13.1 Å². The van der Waals surface area contributed by atoms with Gasteiger partial charge in [0.25, 0.3) is 5.91 Å². The number of halogens is 1. The van der Waals surface area contributed by atoms with Crippen molar-refractivity contribution >= 4 is 11.6 Å². The number of carbonyl (C=O) groups is 1. The molecule has 1 aliphatic heterocycles. The maximum absolute atomic E-state index is 14.2. The van der Waals surface area contributed by atoms with Crippen LogP contribution in [0.2, 0.25) is 0 Å². The summed E-state index contributed by atoms with van der Waals surface area (Å²) in [5.74, 6) is 0.0460. The first-order valence-electron chi connectivity index (χ1n) is 8.83. The highest BCUT2D eigenvalue weighted by Gasteiger charge is 2.57. The number of amides is 1. The van der Waals surface area contributed by atoms with Gasteiger partial charge in [-0.3, -0.25) is 4.79 Å². The zero-order valence-corrected chi connectivity index (χ0v) is 14.3. The molecule has 2 aliphatic carbocycles. The van der Waals surface area contributed by atoms with Gasteiger partial charge in [-0.15, -0.1) is 0 Å². The number of primary amides is 1. The summed E-state index contributed by atoms with van der Waals surface area (Å²) in [6.45, 7) is 5.49. The molecule has 24 heavy (non-hydrogen) atoms.